The van der Waals surface area contributed by atoms with Gasteiger partial charge in [0.25, 0.3) is 0 Å². The quantitative estimate of drug-likeness (QED) is 0.328. The third-order valence-corrected chi connectivity index (χ3v) is 6.42. The summed E-state index contributed by atoms with van der Waals surface area (Å²) in [7, 11) is -3.35. The van der Waals surface area contributed by atoms with Crippen molar-refractivity contribution in [3.05, 3.63) is 54.2 Å². The molecular weight excluding hydrogens is 555 g/mol. The van der Waals surface area contributed by atoms with Crippen LogP contribution in [0.15, 0.2) is 48.7 Å². The molecule has 0 radical (unpaired) electrons. The van der Waals surface area contributed by atoms with E-state index in [4.69, 9.17) is 20.4 Å². The van der Waals surface area contributed by atoms with Crippen LogP contribution in [0.5, 0.6) is 11.5 Å². The van der Waals surface area contributed by atoms with Crippen LogP contribution in [0.2, 0.25) is 0 Å². The smallest absolute Gasteiger partial charge is 0.475 e. The van der Waals surface area contributed by atoms with Gasteiger partial charge in [0, 0.05) is 29.3 Å². The molecule has 0 unspecified atom stereocenters. The van der Waals surface area contributed by atoms with Gasteiger partial charge in [-0.05, 0) is 67.3 Å². The van der Waals surface area contributed by atoms with Crippen LogP contribution in [-0.4, -0.2) is 66.3 Å². The molecule has 15 heteroatoms. The molecule has 0 saturated carbocycles. The summed E-state index contributed by atoms with van der Waals surface area (Å²) in [6.45, 7) is 0.565. The number of likely N-dealkylation sites (tertiary alicyclic amines) is 1. The molecule has 1 fully saturated rings. The fourth-order valence-corrected chi connectivity index (χ4v) is 4.60. The van der Waals surface area contributed by atoms with Crippen molar-refractivity contribution in [2.24, 2.45) is 5.73 Å². The Morgan fingerprint density at radius 2 is 1.88 bits per heavy atom. The third-order valence-electron chi connectivity index (χ3n) is 5.82. The average Bonchev–Trinajstić information content (AvgIpc) is 3.50. The lowest BCUT2D eigenvalue weighted by Gasteiger charge is -2.23. The number of hydrogen-bond acceptors (Lipinski definition) is 7. The van der Waals surface area contributed by atoms with Crippen molar-refractivity contribution < 1.29 is 41.0 Å². The van der Waals surface area contributed by atoms with Gasteiger partial charge in [-0.25, -0.2) is 13.2 Å². The first-order chi connectivity index (χ1) is 18.7. The Labute approximate surface area is 227 Å². The first-order valence-electron chi connectivity index (χ1n) is 11.8. The normalized spacial score (nSPS) is 16.0. The van der Waals surface area contributed by atoms with Gasteiger partial charge in [-0.1, -0.05) is 0 Å². The van der Waals surface area contributed by atoms with Crippen LogP contribution < -0.4 is 15.2 Å². The van der Waals surface area contributed by atoms with E-state index in [9.17, 15) is 31.6 Å². The maximum atomic E-state index is 12.8. The van der Waals surface area contributed by atoms with E-state index < -0.39 is 34.3 Å². The number of rotatable bonds is 7. The highest BCUT2D eigenvalue weighted by atomic mass is 32.2. The number of halogens is 3. The molecule has 2 heterocycles. The Hall–Kier alpha value is -4.29. The van der Waals surface area contributed by atoms with E-state index in [0.717, 1.165) is 29.1 Å². The number of carboxylic acid groups (broad SMARTS) is 1. The number of carboxylic acids is 1. The zero-order valence-corrected chi connectivity index (χ0v) is 21.9. The Kier molecular flexibility index (Phi) is 9.28. The van der Waals surface area contributed by atoms with Crippen molar-refractivity contribution in [3.8, 4) is 17.6 Å². The molecule has 1 aliphatic heterocycles. The molecule has 2 atom stereocenters. The second-order valence-corrected chi connectivity index (χ2v) is 10.7. The number of fused-ring (bicyclic) bond motifs is 1. The molecule has 0 aliphatic carbocycles. The van der Waals surface area contributed by atoms with E-state index in [1.165, 1.54) is 0 Å². The maximum absolute atomic E-state index is 12.8. The lowest BCUT2D eigenvalue weighted by atomic mass is 10.0. The molecule has 2 aromatic carbocycles. The average molecular weight is 582 g/mol. The van der Waals surface area contributed by atoms with E-state index in [-0.39, 0.29) is 5.91 Å². The molecule has 1 saturated heterocycles. The largest absolute Gasteiger partial charge is 0.490 e. The molecule has 40 heavy (non-hydrogen) atoms. The van der Waals surface area contributed by atoms with Crippen LogP contribution >= 0.6 is 0 Å². The summed E-state index contributed by atoms with van der Waals surface area (Å²) in [4.78, 5) is 26.4. The molecule has 214 valence electrons. The number of hydrogen-bond donors (Lipinski definition) is 4. The molecule has 11 nitrogen and oxygen atoms in total. The number of anilines is 1. The molecule has 5 N–H and O–H groups in total. The van der Waals surface area contributed by atoms with Gasteiger partial charge in [0.2, 0.25) is 15.9 Å². The summed E-state index contributed by atoms with van der Waals surface area (Å²) in [5.41, 5.74) is 8.44. The highest BCUT2D eigenvalue weighted by Gasteiger charge is 2.38. The number of sulfonamides is 1. The monoisotopic (exact) mass is 581 g/mol. The molecule has 0 spiro atoms. The summed E-state index contributed by atoms with van der Waals surface area (Å²) in [5, 5.41) is 17.3. The number of nitrogens with two attached hydrogens (primary N) is 1. The second kappa shape index (κ2) is 12.3. The fraction of sp³-hybridized carbons (Fsp3) is 0.320. The zero-order valence-electron chi connectivity index (χ0n) is 21.1. The van der Waals surface area contributed by atoms with Crippen molar-refractivity contribution >= 4 is 38.5 Å². The number of amides is 1. The third kappa shape index (κ3) is 8.10. The molecular formula is C25H26F3N5O6S. The number of nitrogens with one attached hydrogen (secondary N) is 2. The number of carbonyl (C=O) groups is 2. The van der Waals surface area contributed by atoms with Gasteiger partial charge in [0.1, 0.15) is 17.5 Å². The van der Waals surface area contributed by atoms with Crippen molar-refractivity contribution in [1.82, 2.24) is 9.88 Å². The topological polar surface area (TPSA) is 179 Å². The number of carbonyl (C=O) groups excluding carboxylic acids is 1. The van der Waals surface area contributed by atoms with Crippen LogP contribution in [0, 0.1) is 11.3 Å². The number of ether oxygens (including phenoxy) is 1. The molecule has 1 aliphatic rings. The van der Waals surface area contributed by atoms with Crippen LogP contribution in [0.25, 0.3) is 10.9 Å². The van der Waals surface area contributed by atoms with Gasteiger partial charge >= 0.3 is 12.1 Å². The Morgan fingerprint density at radius 1 is 1.25 bits per heavy atom. The van der Waals surface area contributed by atoms with Gasteiger partial charge < -0.3 is 25.5 Å². The number of H-pyrrole nitrogens is 1. The van der Waals surface area contributed by atoms with Crippen LogP contribution in [-0.2, 0) is 26.0 Å². The lowest BCUT2D eigenvalue weighted by molar-refractivity contribution is -0.192. The minimum Gasteiger partial charge on any atom is -0.475 e. The van der Waals surface area contributed by atoms with E-state index in [1.54, 1.807) is 29.2 Å². The molecule has 1 aromatic heterocycles. The maximum Gasteiger partial charge on any atom is 0.490 e. The summed E-state index contributed by atoms with van der Waals surface area (Å²) >= 11 is 0. The van der Waals surface area contributed by atoms with Gasteiger partial charge in [0.05, 0.1) is 18.4 Å². The predicted molar refractivity (Wildman–Crippen MR) is 139 cm³/mol. The SMILES string of the molecule is CS(=O)(=O)Nc1ccc(Oc2ccc3[nH]cc(C[C@H](N)C(=O)N4CCC[C@H]4C#N)c3c2)cc1.O=C(O)C(F)(F)F. The van der Waals surface area contributed by atoms with Gasteiger partial charge in [-0.2, -0.15) is 18.4 Å². The van der Waals surface area contributed by atoms with E-state index in [2.05, 4.69) is 15.8 Å². The van der Waals surface area contributed by atoms with E-state index >= 15 is 0 Å². The minimum absolute atomic E-state index is 0.205. The first-order valence-corrected chi connectivity index (χ1v) is 13.7. The van der Waals surface area contributed by atoms with Crippen LogP contribution in [0.3, 0.4) is 0 Å². The predicted octanol–water partition coefficient (Wildman–Crippen LogP) is 3.35. The van der Waals surface area contributed by atoms with Crippen molar-refractivity contribution in [3.63, 3.8) is 0 Å². The van der Waals surface area contributed by atoms with Crippen molar-refractivity contribution in [2.75, 3.05) is 17.5 Å². The summed E-state index contributed by atoms with van der Waals surface area (Å²) in [5.74, 6) is -1.82. The van der Waals surface area contributed by atoms with E-state index in [1.807, 2.05) is 24.4 Å². The van der Waals surface area contributed by atoms with Crippen LogP contribution in [0.4, 0.5) is 18.9 Å². The number of alkyl halides is 3. The number of nitrogens with zero attached hydrogens (tertiary/aromatic N) is 2. The summed E-state index contributed by atoms with van der Waals surface area (Å²) < 4.78 is 62.7. The number of benzene rings is 2. The first kappa shape index (κ1) is 30.3. The highest BCUT2D eigenvalue weighted by molar-refractivity contribution is 7.92. The van der Waals surface area contributed by atoms with Gasteiger partial charge in [0.15, 0.2) is 0 Å². The van der Waals surface area contributed by atoms with Crippen LogP contribution in [0.1, 0.15) is 18.4 Å². The Bertz CT molecular complexity index is 1520. The number of aromatic amines is 1. The van der Waals surface area contributed by atoms with Crippen molar-refractivity contribution in [1.29, 1.82) is 5.26 Å². The van der Waals surface area contributed by atoms with Gasteiger partial charge in [-0.15, -0.1) is 0 Å². The fourth-order valence-electron chi connectivity index (χ4n) is 4.03. The molecule has 3 aromatic rings. The summed E-state index contributed by atoms with van der Waals surface area (Å²) in [6.07, 6.45) is -0.320. The number of aliphatic carboxylic acids is 1. The summed E-state index contributed by atoms with van der Waals surface area (Å²) in [6, 6.07) is 13.2. The Morgan fingerprint density at radius 3 is 2.45 bits per heavy atom. The molecule has 1 amide bonds. The molecule has 0 bridgehead atoms. The lowest BCUT2D eigenvalue weighted by Crippen LogP contribution is -2.46. The molecule has 4 rings (SSSR count). The van der Waals surface area contributed by atoms with Crippen molar-refractivity contribution in [2.45, 2.75) is 37.5 Å². The standard InChI is InChI=1S/C23H25N5O4S.C2HF3O2/c1-33(30,31)27-16-4-6-18(7-5-16)32-19-8-9-22-20(12-19)15(14-26-22)11-21(25)23(29)28-10-2-3-17(28)13-24;3-2(4,5)1(6)7/h4-9,12,14,17,21,26-27H,2-3,10-11,25H2,1H3;(H,6,7)/t17-,21-;/m0./s1. The second-order valence-electron chi connectivity index (χ2n) is 8.95. The number of nitriles is 1. The zero-order chi connectivity index (χ0) is 29.7. The Balaban J connectivity index is 0.000000559. The van der Waals surface area contributed by atoms with Gasteiger partial charge in [-0.3, -0.25) is 9.52 Å². The highest BCUT2D eigenvalue weighted by Crippen LogP contribution is 2.29. The van der Waals surface area contributed by atoms with E-state index in [0.29, 0.717) is 36.6 Å². The number of aromatic nitrogens is 1. The minimum atomic E-state index is -5.08.